The maximum absolute atomic E-state index is 8.99. The van der Waals surface area contributed by atoms with E-state index in [4.69, 9.17) is 5.11 Å². The van der Waals surface area contributed by atoms with Crippen molar-refractivity contribution >= 4 is 16.4 Å². The summed E-state index contributed by atoms with van der Waals surface area (Å²) in [5.41, 5.74) is 0. The molecule has 0 heterocycles. The SMILES string of the molecule is CCCCCC(O)=[SH]C. The van der Waals surface area contributed by atoms with Crippen LogP contribution in [0.2, 0.25) is 0 Å². The second-order valence-corrected chi connectivity index (χ2v) is 3.06. The van der Waals surface area contributed by atoms with Crippen molar-refractivity contribution in [2.45, 2.75) is 32.6 Å². The van der Waals surface area contributed by atoms with E-state index in [1.807, 2.05) is 6.26 Å². The Bertz CT molecular complexity index is 88.9. The fourth-order valence-corrected chi connectivity index (χ4v) is 1.03. The molecule has 0 aromatic carbocycles. The number of aliphatic hydroxyl groups is 1. The maximum atomic E-state index is 8.99. The van der Waals surface area contributed by atoms with Crippen LogP contribution in [0.15, 0.2) is 0 Å². The molecule has 0 bridgehead atoms. The molecule has 0 aliphatic rings. The lowest BCUT2D eigenvalue weighted by molar-refractivity contribution is 0.538. The molecule has 0 aliphatic carbocycles. The summed E-state index contributed by atoms with van der Waals surface area (Å²) in [5, 5.41) is 9.62. The molecule has 1 nitrogen and oxygen atoms in total. The zero-order valence-electron chi connectivity index (χ0n) is 6.22. The molecule has 0 saturated heterocycles. The number of hydrogen-bond acceptors (Lipinski definition) is 0. The van der Waals surface area contributed by atoms with Gasteiger partial charge in [-0.1, -0.05) is 19.8 Å². The predicted molar refractivity (Wildman–Crippen MR) is 46.7 cm³/mol. The summed E-state index contributed by atoms with van der Waals surface area (Å²) >= 11 is 1.03. The Hall–Kier alpha value is 0.180. The first-order valence-electron chi connectivity index (χ1n) is 3.46. The van der Waals surface area contributed by atoms with Crippen LogP contribution in [-0.2, 0) is 0 Å². The van der Waals surface area contributed by atoms with Gasteiger partial charge in [0.2, 0.25) is 0 Å². The summed E-state index contributed by atoms with van der Waals surface area (Å²) in [5.74, 6) is 0. The van der Waals surface area contributed by atoms with E-state index in [1.165, 1.54) is 12.8 Å². The van der Waals surface area contributed by atoms with E-state index in [2.05, 4.69) is 6.92 Å². The molecular formula is C7H16OS. The Balaban J connectivity index is 3.07. The second kappa shape index (κ2) is 6.30. The van der Waals surface area contributed by atoms with Gasteiger partial charge in [0, 0.05) is 0 Å². The lowest BCUT2D eigenvalue weighted by Gasteiger charge is -1.95. The summed E-state index contributed by atoms with van der Waals surface area (Å²) in [4.78, 5) is 0. The highest BCUT2D eigenvalue weighted by Crippen LogP contribution is 2.00. The van der Waals surface area contributed by atoms with Crippen molar-refractivity contribution in [2.75, 3.05) is 6.26 Å². The first-order chi connectivity index (χ1) is 4.31. The Kier molecular flexibility index (Phi) is 6.43. The van der Waals surface area contributed by atoms with E-state index in [9.17, 15) is 0 Å². The average molecular weight is 148 g/mol. The minimum Gasteiger partial charge on any atom is -0.360 e. The van der Waals surface area contributed by atoms with E-state index in [1.54, 1.807) is 0 Å². The van der Waals surface area contributed by atoms with Gasteiger partial charge in [-0.25, -0.2) is 0 Å². The van der Waals surface area contributed by atoms with Crippen molar-refractivity contribution in [3.8, 4) is 0 Å². The van der Waals surface area contributed by atoms with Crippen molar-refractivity contribution in [3.63, 3.8) is 0 Å². The largest absolute Gasteiger partial charge is 0.360 e. The highest BCUT2D eigenvalue weighted by molar-refractivity contribution is 7.97. The molecule has 0 atom stereocenters. The first kappa shape index (κ1) is 9.18. The van der Waals surface area contributed by atoms with Gasteiger partial charge in [-0.15, -0.1) is 0 Å². The normalized spacial score (nSPS) is 13.0. The second-order valence-electron chi connectivity index (χ2n) is 2.10. The summed E-state index contributed by atoms with van der Waals surface area (Å²) in [6.07, 6.45) is 6.46. The van der Waals surface area contributed by atoms with Gasteiger partial charge >= 0.3 is 0 Å². The average Bonchev–Trinajstić information content (AvgIpc) is 1.89. The van der Waals surface area contributed by atoms with Crippen LogP contribution in [0.4, 0.5) is 0 Å². The molecule has 0 amide bonds. The number of unbranched alkanes of at least 4 members (excludes halogenated alkanes) is 2. The molecule has 56 valence electrons. The zero-order valence-corrected chi connectivity index (χ0v) is 7.12. The zero-order chi connectivity index (χ0) is 7.11. The fourth-order valence-electron chi connectivity index (χ4n) is 0.645. The highest BCUT2D eigenvalue weighted by atomic mass is 32.1. The van der Waals surface area contributed by atoms with Gasteiger partial charge < -0.3 is 5.11 Å². The van der Waals surface area contributed by atoms with Gasteiger partial charge in [0.25, 0.3) is 0 Å². The number of rotatable bonds is 4. The molecule has 9 heavy (non-hydrogen) atoms. The number of aliphatic hydroxyl groups excluding tert-OH is 1. The van der Waals surface area contributed by atoms with Crippen molar-refractivity contribution in [1.29, 1.82) is 0 Å². The molecule has 0 spiro atoms. The summed E-state index contributed by atoms with van der Waals surface area (Å²) in [6.45, 7) is 2.17. The molecular weight excluding hydrogens is 132 g/mol. The van der Waals surface area contributed by atoms with Gasteiger partial charge in [-0.3, -0.25) is 0 Å². The number of hydrogen-bond donors (Lipinski definition) is 2. The smallest absolute Gasteiger partial charge is 0.0692 e. The van der Waals surface area contributed by atoms with Gasteiger partial charge in [0.05, 0.1) is 5.05 Å². The minimum absolute atomic E-state index is 0.628. The lowest BCUT2D eigenvalue weighted by Crippen LogP contribution is -1.91. The summed E-state index contributed by atoms with van der Waals surface area (Å²) < 4.78 is 0. The summed E-state index contributed by atoms with van der Waals surface area (Å²) in [7, 11) is 0. The Morgan fingerprint density at radius 1 is 1.44 bits per heavy atom. The van der Waals surface area contributed by atoms with E-state index < -0.39 is 0 Å². The third-order valence-corrected chi connectivity index (χ3v) is 2.00. The Morgan fingerprint density at radius 2 is 2.11 bits per heavy atom. The molecule has 0 saturated carbocycles. The fraction of sp³-hybridized carbons (Fsp3) is 0.857. The van der Waals surface area contributed by atoms with Crippen LogP contribution in [0.5, 0.6) is 0 Å². The Labute approximate surface area is 61.0 Å². The molecule has 0 rings (SSSR count). The van der Waals surface area contributed by atoms with Crippen LogP contribution in [0.3, 0.4) is 0 Å². The van der Waals surface area contributed by atoms with E-state index in [0.29, 0.717) is 5.05 Å². The standard InChI is InChI=1S/C7H16OS/c1-3-4-5-6-7(8)9-2/h8-9H,3-6H2,1-2H3. The van der Waals surface area contributed by atoms with Crippen LogP contribution in [0.25, 0.3) is 0 Å². The summed E-state index contributed by atoms with van der Waals surface area (Å²) in [6, 6.07) is 0. The third kappa shape index (κ3) is 6.06. The van der Waals surface area contributed by atoms with E-state index in [-0.39, 0.29) is 0 Å². The van der Waals surface area contributed by atoms with Gasteiger partial charge in [0.1, 0.15) is 0 Å². The van der Waals surface area contributed by atoms with Crippen molar-refractivity contribution in [2.24, 2.45) is 0 Å². The third-order valence-electron chi connectivity index (χ3n) is 1.26. The highest BCUT2D eigenvalue weighted by Gasteiger charge is 1.88. The van der Waals surface area contributed by atoms with E-state index in [0.717, 1.165) is 24.2 Å². The van der Waals surface area contributed by atoms with Crippen molar-refractivity contribution in [3.05, 3.63) is 0 Å². The molecule has 0 radical (unpaired) electrons. The van der Waals surface area contributed by atoms with Crippen LogP contribution in [0, 0.1) is 0 Å². The predicted octanol–water partition coefficient (Wildman–Crippen LogP) is 2.35. The van der Waals surface area contributed by atoms with Crippen LogP contribution in [0.1, 0.15) is 32.6 Å². The quantitative estimate of drug-likeness (QED) is 0.356. The van der Waals surface area contributed by atoms with Crippen molar-refractivity contribution in [1.82, 2.24) is 0 Å². The molecule has 0 fully saturated rings. The molecule has 1 N–H and O–H groups in total. The van der Waals surface area contributed by atoms with Crippen molar-refractivity contribution < 1.29 is 5.11 Å². The molecule has 0 unspecified atom stereocenters. The molecule has 0 aromatic rings. The lowest BCUT2D eigenvalue weighted by atomic mass is 10.2. The van der Waals surface area contributed by atoms with Crippen LogP contribution < -0.4 is 0 Å². The number of thiol groups is 1. The monoisotopic (exact) mass is 148 g/mol. The van der Waals surface area contributed by atoms with E-state index >= 15 is 0 Å². The molecule has 0 aliphatic heterocycles. The molecule has 2 heteroatoms. The maximum Gasteiger partial charge on any atom is 0.0692 e. The van der Waals surface area contributed by atoms with Gasteiger partial charge in [-0.05, 0) is 19.1 Å². The molecule has 0 aromatic heterocycles. The topological polar surface area (TPSA) is 20.2 Å². The van der Waals surface area contributed by atoms with Gasteiger partial charge in [-0.2, -0.15) is 11.4 Å². The minimum atomic E-state index is 0.628. The Morgan fingerprint density at radius 3 is 2.56 bits per heavy atom. The van der Waals surface area contributed by atoms with Crippen LogP contribution in [-0.4, -0.2) is 16.4 Å². The van der Waals surface area contributed by atoms with Crippen LogP contribution >= 0.6 is 11.4 Å². The van der Waals surface area contributed by atoms with Gasteiger partial charge in [0.15, 0.2) is 0 Å². The first-order valence-corrected chi connectivity index (χ1v) is 4.80.